The summed E-state index contributed by atoms with van der Waals surface area (Å²) in [7, 11) is 10.5. The molecular weight excluding hydrogens is 861 g/mol. The van der Waals surface area contributed by atoms with Crippen molar-refractivity contribution in [3.05, 3.63) is 143 Å². The van der Waals surface area contributed by atoms with Gasteiger partial charge in [-0.1, -0.05) is 36.4 Å². The van der Waals surface area contributed by atoms with Crippen LogP contribution in [0.5, 0.6) is 23.0 Å². The second-order valence-electron chi connectivity index (χ2n) is 16.2. The first-order chi connectivity index (χ1) is 33.2. The quantitative estimate of drug-likeness (QED) is 0.0809. The van der Waals surface area contributed by atoms with E-state index in [-0.39, 0.29) is 11.8 Å². The van der Waals surface area contributed by atoms with Gasteiger partial charge in [0.25, 0.3) is 0 Å². The SMILES string of the molecule is CNc1nc(Nc2ccc(-n3cnc(C)n3)c(OC)c2)nc2c1CC[C@@H]2c1ccccc1OC.CNc1nc(Nc2ccc(-n3cnc(C)n3)c(OC)c2)nc2c1CC[C@H]2c1ccccc1OC. The lowest BCUT2D eigenvalue weighted by molar-refractivity contribution is 0.407. The lowest BCUT2D eigenvalue weighted by Gasteiger charge is -2.17. The maximum atomic E-state index is 5.63. The van der Waals surface area contributed by atoms with E-state index in [4.69, 9.17) is 38.9 Å². The Morgan fingerprint density at radius 3 is 1.29 bits per heavy atom. The molecule has 0 amide bonds. The Hall–Kier alpha value is -8.28. The number of nitrogens with one attached hydrogen (secondary N) is 4. The molecule has 2 atom stereocenters. The average molecular weight is 915 g/mol. The first kappa shape index (κ1) is 44.9. The second kappa shape index (κ2) is 19.7. The summed E-state index contributed by atoms with van der Waals surface area (Å²) in [5, 5.41) is 21.9. The van der Waals surface area contributed by atoms with E-state index in [0.29, 0.717) is 35.0 Å². The molecule has 4 heterocycles. The summed E-state index contributed by atoms with van der Waals surface area (Å²) < 4.78 is 25.9. The van der Waals surface area contributed by atoms with Crippen LogP contribution >= 0.6 is 0 Å². The molecule has 4 N–H and O–H groups in total. The molecule has 0 fully saturated rings. The number of para-hydroxylation sites is 2. The summed E-state index contributed by atoms with van der Waals surface area (Å²) in [5.41, 5.74) is 9.86. The highest BCUT2D eigenvalue weighted by atomic mass is 16.5. The van der Waals surface area contributed by atoms with Crippen LogP contribution in [0.25, 0.3) is 11.4 Å². The van der Waals surface area contributed by atoms with Crippen molar-refractivity contribution in [3.8, 4) is 34.4 Å². The fraction of sp³-hybridized carbons (Fsp3) is 0.280. The smallest absolute Gasteiger partial charge is 0.229 e. The Labute approximate surface area is 394 Å². The summed E-state index contributed by atoms with van der Waals surface area (Å²) in [6.45, 7) is 3.70. The highest BCUT2D eigenvalue weighted by Crippen LogP contribution is 2.45. The largest absolute Gasteiger partial charge is 0.496 e. The number of hydrogen-bond donors (Lipinski definition) is 4. The summed E-state index contributed by atoms with van der Waals surface area (Å²) in [4.78, 5) is 27.8. The van der Waals surface area contributed by atoms with Crippen molar-refractivity contribution in [1.29, 1.82) is 0 Å². The van der Waals surface area contributed by atoms with Gasteiger partial charge in [0.05, 0.1) is 39.8 Å². The van der Waals surface area contributed by atoms with Crippen LogP contribution < -0.4 is 40.2 Å². The molecule has 4 aromatic carbocycles. The summed E-state index contributed by atoms with van der Waals surface area (Å²) in [6, 6.07) is 27.8. The molecule has 0 unspecified atom stereocenters. The van der Waals surface area contributed by atoms with E-state index in [1.807, 2.05) is 101 Å². The lowest BCUT2D eigenvalue weighted by atomic mass is 9.95. The molecule has 0 radical (unpaired) electrons. The number of hydrogen-bond acceptors (Lipinski definition) is 16. The molecular formula is C50H54N14O4. The van der Waals surface area contributed by atoms with Crippen molar-refractivity contribution >= 4 is 34.9 Å². The summed E-state index contributed by atoms with van der Waals surface area (Å²) in [5.74, 6) is 7.49. The number of rotatable bonds is 14. The summed E-state index contributed by atoms with van der Waals surface area (Å²) >= 11 is 0. The van der Waals surface area contributed by atoms with Gasteiger partial charge in [-0.15, -0.1) is 0 Å². The van der Waals surface area contributed by atoms with Crippen molar-refractivity contribution in [2.75, 3.05) is 63.8 Å². The van der Waals surface area contributed by atoms with Crippen molar-refractivity contribution < 1.29 is 18.9 Å². The van der Waals surface area contributed by atoms with E-state index in [1.54, 1.807) is 50.5 Å². The number of methoxy groups -OCH3 is 4. The highest BCUT2D eigenvalue weighted by Gasteiger charge is 2.32. The maximum absolute atomic E-state index is 5.63. The van der Waals surface area contributed by atoms with Gasteiger partial charge in [0.2, 0.25) is 11.9 Å². The Kier molecular flexibility index (Phi) is 13.0. The van der Waals surface area contributed by atoms with Crippen LogP contribution in [0.1, 0.15) is 70.0 Å². The third-order valence-electron chi connectivity index (χ3n) is 12.2. The van der Waals surface area contributed by atoms with Gasteiger partial charge in [-0.05, 0) is 75.9 Å². The fourth-order valence-corrected chi connectivity index (χ4v) is 9.03. The fourth-order valence-electron chi connectivity index (χ4n) is 9.03. The Morgan fingerprint density at radius 1 is 0.515 bits per heavy atom. The number of aryl methyl sites for hydroxylation is 2. The number of anilines is 6. The third kappa shape index (κ3) is 8.99. The molecule has 4 aromatic heterocycles. The van der Waals surface area contributed by atoms with Crippen LogP contribution in [0.2, 0.25) is 0 Å². The van der Waals surface area contributed by atoms with E-state index >= 15 is 0 Å². The third-order valence-corrected chi connectivity index (χ3v) is 12.2. The van der Waals surface area contributed by atoms with Crippen LogP contribution in [0.15, 0.2) is 97.6 Å². The summed E-state index contributed by atoms with van der Waals surface area (Å²) in [6.07, 6.45) is 7.08. The number of aromatic nitrogens is 10. The Morgan fingerprint density at radius 2 is 0.926 bits per heavy atom. The molecule has 8 aromatic rings. The molecule has 18 nitrogen and oxygen atoms in total. The molecule has 18 heteroatoms. The first-order valence-corrected chi connectivity index (χ1v) is 22.3. The monoisotopic (exact) mass is 914 g/mol. The van der Waals surface area contributed by atoms with Crippen molar-refractivity contribution in [2.45, 2.75) is 51.4 Å². The van der Waals surface area contributed by atoms with E-state index in [9.17, 15) is 0 Å². The molecule has 0 aliphatic heterocycles. The van der Waals surface area contributed by atoms with Gasteiger partial charge < -0.3 is 40.2 Å². The van der Waals surface area contributed by atoms with Crippen LogP contribution in [-0.2, 0) is 12.8 Å². The van der Waals surface area contributed by atoms with Gasteiger partial charge in [0.15, 0.2) is 0 Å². The van der Waals surface area contributed by atoms with Gasteiger partial charge in [0.1, 0.15) is 70.3 Å². The topological polar surface area (TPSA) is 198 Å². The van der Waals surface area contributed by atoms with Crippen LogP contribution in [0.4, 0.5) is 34.9 Å². The van der Waals surface area contributed by atoms with Crippen LogP contribution in [0.3, 0.4) is 0 Å². The molecule has 10 rings (SSSR count). The zero-order chi connectivity index (χ0) is 47.3. The van der Waals surface area contributed by atoms with E-state index in [1.165, 1.54) is 0 Å². The van der Waals surface area contributed by atoms with Crippen LogP contribution in [-0.4, -0.2) is 92.0 Å². The first-order valence-electron chi connectivity index (χ1n) is 22.3. The number of fused-ring (bicyclic) bond motifs is 2. The molecule has 0 saturated heterocycles. The molecule has 68 heavy (non-hydrogen) atoms. The average Bonchev–Trinajstić information content (AvgIpc) is 4.21. The van der Waals surface area contributed by atoms with Crippen molar-refractivity contribution in [2.24, 2.45) is 0 Å². The molecule has 0 saturated carbocycles. The number of nitrogens with zero attached hydrogens (tertiary/aromatic N) is 10. The van der Waals surface area contributed by atoms with Crippen molar-refractivity contribution in [3.63, 3.8) is 0 Å². The second-order valence-corrected chi connectivity index (χ2v) is 16.2. The predicted octanol–water partition coefficient (Wildman–Crippen LogP) is 8.49. The number of benzene rings is 4. The predicted molar refractivity (Wildman–Crippen MR) is 261 cm³/mol. The minimum absolute atomic E-state index is 0.147. The minimum Gasteiger partial charge on any atom is -0.496 e. The highest BCUT2D eigenvalue weighted by molar-refractivity contribution is 5.66. The van der Waals surface area contributed by atoms with E-state index in [2.05, 4.69) is 53.6 Å². The standard InChI is InChI=1S/2C25H27N7O2/c2*1-15-27-14-32(31-15)20-12-9-16(13-22(20)34-4)28-25-29-23-18(10-11-19(23)24(26-2)30-25)17-7-5-6-8-21(17)33-3/h2*5-9,12-14,18H,10-11H2,1-4H3,(H2,26,28,29,30)/t2*18-/m10/s1. The van der Waals surface area contributed by atoms with Crippen LogP contribution in [0, 0.1) is 13.8 Å². The zero-order valence-corrected chi connectivity index (χ0v) is 39.3. The molecule has 0 spiro atoms. The van der Waals surface area contributed by atoms with Crippen molar-refractivity contribution in [1.82, 2.24) is 49.5 Å². The Bertz CT molecular complexity index is 2870. The normalized spacial score (nSPS) is 14.5. The van der Waals surface area contributed by atoms with E-state index in [0.717, 1.165) is 105 Å². The number of ether oxygens (including phenoxy) is 4. The van der Waals surface area contributed by atoms with Gasteiger partial charge in [-0.2, -0.15) is 20.2 Å². The zero-order valence-electron chi connectivity index (χ0n) is 39.3. The van der Waals surface area contributed by atoms with Gasteiger partial charge in [-0.3, -0.25) is 0 Å². The Balaban J connectivity index is 0.000000170. The maximum Gasteiger partial charge on any atom is 0.229 e. The van der Waals surface area contributed by atoms with E-state index < -0.39 is 0 Å². The minimum atomic E-state index is 0.147. The molecule has 2 aliphatic carbocycles. The lowest BCUT2D eigenvalue weighted by Crippen LogP contribution is -2.08. The molecule has 2 aliphatic rings. The van der Waals surface area contributed by atoms with Gasteiger partial charge in [-0.25, -0.2) is 29.3 Å². The molecule has 0 bridgehead atoms. The van der Waals surface area contributed by atoms with Gasteiger partial charge >= 0.3 is 0 Å². The van der Waals surface area contributed by atoms with Gasteiger partial charge in [0, 0.05) is 71.7 Å². The molecule has 348 valence electrons.